The Kier molecular flexibility index (Phi) is 5.55. The van der Waals surface area contributed by atoms with Crippen LogP contribution in [-0.4, -0.2) is 29.7 Å². The standard InChI is InChI=1S/C15H22N2O3/c1-5-17(12-8-6-11(4)7-9-12)15(20)16-13(10(2)3)14(18)19/h6-10,13H,5H2,1-4H3,(H,16,20)(H,18,19)/t13-/m0/s1. The maximum Gasteiger partial charge on any atom is 0.326 e. The molecule has 0 aliphatic rings. The summed E-state index contributed by atoms with van der Waals surface area (Å²) in [5.41, 5.74) is 1.86. The zero-order valence-corrected chi connectivity index (χ0v) is 12.4. The molecule has 20 heavy (non-hydrogen) atoms. The molecule has 2 N–H and O–H groups in total. The second kappa shape index (κ2) is 6.93. The van der Waals surface area contributed by atoms with Crippen molar-refractivity contribution in [3.63, 3.8) is 0 Å². The molecule has 0 aliphatic carbocycles. The van der Waals surface area contributed by atoms with E-state index in [1.165, 1.54) is 4.90 Å². The lowest BCUT2D eigenvalue weighted by Gasteiger charge is -2.25. The minimum Gasteiger partial charge on any atom is -0.480 e. The number of hydrogen-bond donors (Lipinski definition) is 2. The summed E-state index contributed by atoms with van der Waals surface area (Å²) < 4.78 is 0. The van der Waals surface area contributed by atoms with Crippen molar-refractivity contribution in [3.05, 3.63) is 29.8 Å². The van der Waals surface area contributed by atoms with Crippen LogP contribution in [-0.2, 0) is 4.79 Å². The van der Waals surface area contributed by atoms with E-state index in [0.717, 1.165) is 11.3 Å². The molecule has 110 valence electrons. The average molecular weight is 278 g/mol. The molecular formula is C15H22N2O3. The number of aryl methyl sites for hydroxylation is 1. The Balaban J connectivity index is 2.87. The topological polar surface area (TPSA) is 69.6 Å². The summed E-state index contributed by atoms with van der Waals surface area (Å²) in [7, 11) is 0. The van der Waals surface area contributed by atoms with Crippen molar-refractivity contribution in [2.24, 2.45) is 5.92 Å². The molecule has 0 saturated heterocycles. The first-order chi connectivity index (χ1) is 9.36. The van der Waals surface area contributed by atoms with Crippen molar-refractivity contribution in [2.75, 3.05) is 11.4 Å². The SMILES string of the molecule is CCN(C(=O)N[C@H](C(=O)O)C(C)C)c1ccc(C)cc1. The van der Waals surface area contributed by atoms with E-state index in [1.807, 2.05) is 38.1 Å². The van der Waals surface area contributed by atoms with Crippen molar-refractivity contribution in [1.29, 1.82) is 0 Å². The molecule has 0 saturated carbocycles. The average Bonchev–Trinajstić information content (AvgIpc) is 2.38. The van der Waals surface area contributed by atoms with Gasteiger partial charge in [-0.05, 0) is 31.9 Å². The van der Waals surface area contributed by atoms with E-state index >= 15 is 0 Å². The molecule has 2 amide bonds. The number of hydrogen-bond acceptors (Lipinski definition) is 2. The van der Waals surface area contributed by atoms with Crippen LogP contribution in [0.4, 0.5) is 10.5 Å². The molecule has 0 aliphatic heterocycles. The first kappa shape index (κ1) is 16.0. The zero-order valence-electron chi connectivity index (χ0n) is 12.4. The highest BCUT2D eigenvalue weighted by molar-refractivity contribution is 5.94. The Labute approximate surface area is 119 Å². The van der Waals surface area contributed by atoms with Crippen LogP contribution in [0.15, 0.2) is 24.3 Å². The first-order valence-electron chi connectivity index (χ1n) is 6.74. The minimum atomic E-state index is -1.02. The van der Waals surface area contributed by atoms with Gasteiger partial charge in [0.05, 0.1) is 0 Å². The van der Waals surface area contributed by atoms with E-state index in [1.54, 1.807) is 13.8 Å². The van der Waals surface area contributed by atoms with Gasteiger partial charge in [-0.2, -0.15) is 0 Å². The minimum absolute atomic E-state index is 0.173. The van der Waals surface area contributed by atoms with Crippen LogP contribution in [0.5, 0.6) is 0 Å². The number of amides is 2. The molecule has 0 aromatic heterocycles. The number of urea groups is 1. The van der Waals surface area contributed by atoms with E-state index in [2.05, 4.69) is 5.32 Å². The zero-order chi connectivity index (χ0) is 15.3. The number of carboxylic acids is 1. The van der Waals surface area contributed by atoms with Gasteiger partial charge in [-0.1, -0.05) is 31.5 Å². The van der Waals surface area contributed by atoms with E-state index in [0.29, 0.717) is 6.54 Å². The van der Waals surface area contributed by atoms with E-state index in [4.69, 9.17) is 5.11 Å². The van der Waals surface area contributed by atoms with Crippen LogP contribution >= 0.6 is 0 Å². The van der Waals surface area contributed by atoms with Crippen molar-refractivity contribution in [3.8, 4) is 0 Å². The van der Waals surface area contributed by atoms with Gasteiger partial charge in [0.1, 0.15) is 6.04 Å². The number of rotatable bonds is 5. The highest BCUT2D eigenvalue weighted by Gasteiger charge is 2.25. The van der Waals surface area contributed by atoms with Gasteiger partial charge in [0.15, 0.2) is 0 Å². The van der Waals surface area contributed by atoms with Gasteiger partial charge in [-0.25, -0.2) is 9.59 Å². The molecule has 0 fully saturated rings. The lowest BCUT2D eigenvalue weighted by atomic mass is 10.1. The smallest absolute Gasteiger partial charge is 0.326 e. The normalized spacial score (nSPS) is 12.1. The van der Waals surface area contributed by atoms with Gasteiger partial charge >= 0.3 is 12.0 Å². The molecule has 0 radical (unpaired) electrons. The van der Waals surface area contributed by atoms with Crippen LogP contribution < -0.4 is 10.2 Å². The Morgan fingerprint density at radius 2 is 1.80 bits per heavy atom. The predicted molar refractivity (Wildman–Crippen MR) is 79.0 cm³/mol. The Bertz CT molecular complexity index is 469. The van der Waals surface area contributed by atoms with Crippen molar-refractivity contribution >= 4 is 17.7 Å². The number of carbonyl (C=O) groups excluding carboxylic acids is 1. The fraction of sp³-hybridized carbons (Fsp3) is 0.467. The molecular weight excluding hydrogens is 256 g/mol. The fourth-order valence-electron chi connectivity index (χ4n) is 1.89. The molecule has 1 rings (SSSR count). The van der Waals surface area contributed by atoms with Crippen LogP contribution in [0.2, 0.25) is 0 Å². The molecule has 5 heteroatoms. The lowest BCUT2D eigenvalue weighted by Crippen LogP contribution is -2.50. The lowest BCUT2D eigenvalue weighted by molar-refractivity contribution is -0.140. The van der Waals surface area contributed by atoms with Gasteiger partial charge in [0.2, 0.25) is 0 Å². The summed E-state index contributed by atoms with van der Waals surface area (Å²) in [6, 6.07) is 6.26. The quantitative estimate of drug-likeness (QED) is 0.870. The highest BCUT2D eigenvalue weighted by Crippen LogP contribution is 2.15. The summed E-state index contributed by atoms with van der Waals surface area (Å²) in [4.78, 5) is 24.9. The number of aliphatic carboxylic acids is 1. The first-order valence-corrected chi connectivity index (χ1v) is 6.74. The van der Waals surface area contributed by atoms with Crippen LogP contribution in [0.25, 0.3) is 0 Å². The van der Waals surface area contributed by atoms with Gasteiger partial charge in [-0.3, -0.25) is 4.90 Å². The van der Waals surface area contributed by atoms with Crippen molar-refractivity contribution < 1.29 is 14.7 Å². The van der Waals surface area contributed by atoms with Gasteiger partial charge in [0.25, 0.3) is 0 Å². The molecule has 0 bridgehead atoms. The molecule has 5 nitrogen and oxygen atoms in total. The third-order valence-corrected chi connectivity index (χ3v) is 3.12. The summed E-state index contributed by atoms with van der Waals surface area (Å²) in [6.07, 6.45) is 0. The summed E-state index contributed by atoms with van der Waals surface area (Å²) in [5, 5.41) is 11.7. The maximum atomic E-state index is 12.2. The number of carboxylic acid groups (broad SMARTS) is 1. The molecule has 0 unspecified atom stereocenters. The van der Waals surface area contributed by atoms with Crippen molar-refractivity contribution in [2.45, 2.75) is 33.7 Å². The molecule has 1 atom stereocenters. The summed E-state index contributed by atoms with van der Waals surface area (Å²) in [5.74, 6) is -1.19. The Hall–Kier alpha value is -2.04. The Morgan fingerprint density at radius 1 is 1.25 bits per heavy atom. The summed E-state index contributed by atoms with van der Waals surface area (Å²) >= 11 is 0. The van der Waals surface area contributed by atoms with Gasteiger partial charge in [-0.15, -0.1) is 0 Å². The predicted octanol–water partition coefficient (Wildman–Crippen LogP) is 2.64. The van der Waals surface area contributed by atoms with Crippen LogP contribution in [0.1, 0.15) is 26.3 Å². The number of nitrogens with one attached hydrogen (secondary N) is 1. The fourth-order valence-corrected chi connectivity index (χ4v) is 1.89. The van der Waals surface area contributed by atoms with Crippen LogP contribution in [0, 0.1) is 12.8 Å². The number of benzene rings is 1. The number of nitrogens with zero attached hydrogens (tertiary/aromatic N) is 1. The maximum absolute atomic E-state index is 12.2. The molecule has 0 spiro atoms. The molecule has 1 aromatic carbocycles. The molecule has 0 heterocycles. The Morgan fingerprint density at radius 3 is 2.20 bits per heavy atom. The second-order valence-corrected chi connectivity index (χ2v) is 5.09. The van der Waals surface area contributed by atoms with Crippen molar-refractivity contribution in [1.82, 2.24) is 5.32 Å². The van der Waals surface area contributed by atoms with Crippen LogP contribution in [0.3, 0.4) is 0 Å². The third kappa shape index (κ3) is 3.98. The van der Waals surface area contributed by atoms with E-state index < -0.39 is 18.0 Å². The monoisotopic (exact) mass is 278 g/mol. The third-order valence-electron chi connectivity index (χ3n) is 3.12. The summed E-state index contributed by atoms with van der Waals surface area (Å²) in [6.45, 7) is 7.83. The number of anilines is 1. The largest absolute Gasteiger partial charge is 0.480 e. The van der Waals surface area contributed by atoms with Gasteiger partial charge < -0.3 is 10.4 Å². The molecule has 1 aromatic rings. The van der Waals surface area contributed by atoms with E-state index in [9.17, 15) is 9.59 Å². The number of carbonyl (C=O) groups is 2. The highest BCUT2D eigenvalue weighted by atomic mass is 16.4. The second-order valence-electron chi connectivity index (χ2n) is 5.09. The van der Waals surface area contributed by atoms with E-state index in [-0.39, 0.29) is 5.92 Å². The van der Waals surface area contributed by atoms with Gasteiger partial charge in [0, 0.05) is 12.2 Å².